The van der Waals surface area contributed by atoms with E-state index in [1.165, 1.54) is 6.92 Å². The zero-order valence-electron chi connectivity index (χ0n) is 21.9. The summed E-state index contributed by atoms with van der Waals surface area (Å²) in [5, 5.41) is 3.35. The number of halogens is 7. The second-order valence-corrected chi connectivity index (χ2v) is 12.0. The first-order chi connectivity index (χ1) is 20.4. The molecule has 43 heavy (non-hydrogen) atoms. The summed E-state index contributed by atoms with van der Waals surface area (Å²) in [5.74, 6) is -11.3. The Hall–Kier alpha value is -3.91. The van der Waals surface area contributed by atoms with E-state index >= 15 is 0 Å². The summed E-state index contributed by atoms with van der Waals surface area (Å²) in [6, 6.07) is 13.2. The van der Waals surface area contributed by atoms with Crippen LogP contribution in [0.3, 0.4) is 0 Å². The highest BCUT2D eigenvalue weighted by Gasteiger charge is 2.43. The van der Waals surface area contributed by atoms with Crippen molar-refractivity contribution in [3.63, 3.8) is 0 Å². The third kappa shape index (κ3) is 6.11. The highest BCUT2D eigenvalue weighted by atomic mass is 32.2. The fraction of sp³-hybridized carbons (Fsp3) is 0.172. The van der Waals surface area contributed by atoms with Crippen molar-refractivity contribution in [2.75, 3.05) is 15.5 Å². The number of hydrogen-bond acceptors (Lipinski definition) is 4. The third-order valence-corrected chi connectivity index (χ3v) is 8.93. The first kappa shape index (κ1) is 30.5. The molecule has 0 fully saturated rings. The van der Waals surface area contributed by atoms with Crippen molar-refractivity contribution >= 4 is 52.5 Å². The Bertz CT molecular complexity index is 1630. The molecule has 0 saturated heterocycles. The van der Waals surface area contributed by atoms with Gasteiger partial charge < -0.3 is 10.6 Å². The smallest absolute Gasteiger partial charge is 0.320 e. The summed E-state index contributed by atoms with van der Waals surface area (Å²) >= 11 is 2.52. The molecular weight excluding hydrogens is 619 g/mol. The predicted molar refractivity (Wildman–Crippen MR) is 151 cm³/mol. The van der Waals surface area contributed by atoms with Gasteiger partial charge in [0.1, 0.15) is 11.3 Å². The van der Waals surface area contributed by atoms with E-state index in [0.717, 1.165) is 22.3 Å². The van der Waals surface area contributed by atoms with E-state index in [4.69, 9.17) is 0 Å². The molecule has 1 aliphatic carbocycles. The number of thioether (sulfide) groups is 2. The van der Waals surface area contributed by atoms with E-state index in [-0.39, 0.29) is 11.3 Å². The van der Waals surface area contributed by atoms with Gasteiger partial charge in [0.25, 0.3) is 0 Å². The molecule has 3 amide bonds. The van der Waals surface area contributed by atoms with Gasteiger partial charge in [0.05, 0.1) is 22.2 Å². The lowest BCUT2D eigenvalue weighted by atomic mass is 10.1. The number of rotatable bonds is 5. The lowest BCUT2D eigenvalue weighted by Gasteiger charge is -2.40. The molecule has 1 aliphatic heterocycles. The van der Waals surface area contributed by atoms with Crippen molar-refractivity contribution in [3.8, 4) is 0 Å². The van der Waals surface area contributed by atoms with Gasteiger partial charge in [-0.2, -0.15) is 13.2 Å². The van der Waals surface area contributed by atoms with Gasteiger partial charge >= 0.3 is 12.2 Å². The van der Waals surface area contributed by atoms with E-state index < -0.39 is 57.9 Å². The Morgan fingerprint density at radius 2 is 1.58 bits per heavy atom. The lowest BCUT2D eigenvalue weighted by molar-refractivity contribution is -0.143. The normalized spacial score (nSPS) is 18.1. The number of para-hydroxylation sites is 1. The molecule has 3 aromatic rings. The summed E-state index contributed by atoms with van der Waals surface area (Å²) in [6.07, 6.45) is 2.03. The highest BCUT2D eigenvalue weighted by molar-refractivity contribution is 8.00. The van der Waals surface area contributed by atoms with Crippen molar-refractivity contribution < 1.29 is 40.3 Å². The van der Waals surface area contributed by atoms with Crippen LogP contribution in [-0.2, 0) is 11.0 Å². The van der Waals surface area contributed by atoms with E-state index in [0.29, 0.717) is 10.6 Å². The van der Waals surface area contributed by atoms with Gasteiger partial charge in [-0.15, -0.1) is 23.5 Å². The van der Waals surface area contributed by atoms with Crippen LogP contribution in [0.4, 0.5) is 52.6 Å². The van der Waals surface area contributed by atoms with Crippen molar-refractivity contribution in [2.24, 2.45) is 0 Å². The second kappa shape index (κ2) is 12.0. The molecule has 5 rings (SSSR count). The van der Waals surface area contributed by atoms with Crippen molar-refractivity contribution in [3.05, 3.63) is 102 Å². The topological polar surface area (TPSA) is 61.4 Å². The fourth-order valence-corrected chi connectivity index (χ4v) is 6.71. The quantitative estimate of drug-likeness (QED) is 0.167. The number of hydrogen-bond donors (Lipinski definition) is 2. The van der Waals surface area contributed by atoms with Crippen LogP contribution in [0.2, 0.25) is 0 Å². The molecule has 3 atom stereocenters. The van der Waals surface area contributed by atoms with Crippen molar-refractivity contribution in [2.45, 2.75) is 39.4 Å². The number of allylic oxidation sites excluding steroid dienone is 2. The zero-order valence-corrected chi connectivity index (χ0v) is 23.5. The Balaban J connectivity index is 1.30. The number of urea groups is 1. The summed E-state index contributed by atoms with van der Waals surface area (Å²) in [6.45, 7) is 1.31. The van der Waals surface area contributed by atoms with Crippen molar-refractivity contribution in [1.82, 2.24) is 0 Å². The predicted octanol–water partition coefficient (Wildman–Crippen LogP) is 8.39. The molecule has 0 aromatic heterocycles. The average Bonchev–Trinajstić information content (AvgIpc) is 2.96. The summed E-state index contributed by atoms with van der Waals surface area (Å²) in [7, 11) is 0. The van der Waals surface area contributed by atoms with Gasteiger partial charge in [0.15, 0.2) is 23.3 Å². The minimum absolute atomic E-state index is 0.00758. The van der Waals surface area contributed by atoms with E-state index in [1.807, 2.05) is 48.6 Å². The fourth-order valence-electron chi connectivity index (χ4n) is 4.53. The number of benzene rings is 3. The van der Waals surface area contributed by atoms with Crippen LogP contribution in [0.25, 0.3) is 0 Å². The number of carbonyl (C=O) groups is 2. The molecule has 1 heterocycles. The van der Waals surface area contributed by atoms with Crippen LogP contribution < -0.4 is 15.5 Å². The minimum atomic E-state index is -5.70. The number of alkyl halides is 3. The van der Waals surface area contributed by atoms with Gasteiger partial charge in [-0.3, -0.25) is 9.69 Å². The zero-order chi connectivity index (χ0) is 31.1. The van der Waals surface area contributed by atoms with Gasteiger partial charge in [0.2, 0.25) is 5.91 Å². The van der Waals surface area contributed by atoms with E-state index in [9.17, 15) is 40.3 Å². The second-order valence-electron chi connectivity index (χ2n) is 9.39. The molecule has 14 heteroatoms. The molecule has 3 aromatic carbocycles. The number of carbonyl (C=O) groups excluding carboxylic acids is 2. The molecule has 2 aliphatic rings. The number of amides is 3. The van der Waals surface area contributed by atoms with E-state index in [1.54, 1.807) is 46.2 Å². The SMILES string of the molecule is CC(Sc1cccc(NC(=O)N2c3ccccc3SC3C=CC=CC32)c1)C(=O)Nc1c(F)c(F)c(C(F)(F)F)c(F)c1F. The Morgan fingerprint density at radius 3 is 2.28 bits per heavy atom. The molecule has 5 nitrogen and oxygen atoms in total. The van der Waals surface area contributed by atoms with Gasteiger partial charge in [-0.1, -0.05) is 42.5 Å². The Kier molecular flexibility index (Phi) is 8.52. The molecule has 2 N–H and O–H groups in total. The van der Waals surface area contributed by atoms with Crippen LogP contribution in [0.15, 0.2) is 82.6 Å². The lowest BCUT2D eigenvalue weighted by Crippen LogP contribution is -2.49. The average molecular weight is 640 g/mol. The molecule has 0 spiro atoms. The van der Waals surface area contributed by atoms with Crippen LogP contribution in [0.1, 0.15) is 12.5 Å². The largest absolute Gasteiger partial charge is 0.422 e. The number of fused-ring (bicyclic) bond motifs is 2. The molecule has 0 bridgehead atoms. The monoisotopic (exact) mass is 639 g/mol. The number of nitrogens with zero attached hydrogens (tertiary/aromatic N) is 1. The third-order valence-electron chi connectivity index (χ3n) is 6.52. The minimum Gasteiger partial charge on any atom is -0.320 e. The maximum atomic E-state index is 14.3. The van der Waals surface area contributed by atoms with Crippen LogP contribution >= 0.6 is 23.5 Å². The Labute approximate surface area is 249 Å². The maximum absolute atomic E-state index is 14.3. The first-order valence-corrected chi connectivity index (χ1v) is 14.3. The van der Waals surface area contributed by atoms with E-state index in [2.05, 4.69) is 5.32 Å². The highest BCUT2D eigenvalue weighted by Crippen LogP contribution is 2.44. The molecule has 3 unspecified atom stereocenters. The summed E-state index contributed by atoms with van der Waals surface area (Å²) in [5.41, 5.74) is -3.31. The van der Waals surface area contributed by atoms with Crippen LogP contribution in [0.5, 0.6) is 0 Å². The van der Waals surface area contributed by atoms with Crippen LogP contribution in [0, 0.1) is 23.3 Å². The molecule has 224 valence electrons. The standard InChI is InChI=1S/C29H20F7N3O2S2/c1-14(27(40)38-26-24(32)22(30)21(29(34,35)36)23(31)25(26)33)42-16-8-6-7-15(13-16)37-28(41)39-17-9-2-4-11-19(17)43-20-12-5-3-10-18(20)39/h2-14,17,19H,1H3,(H,37,41)(H,38,40). The first-order valence-electron chi connectivity index (χ1n) is 12.6. The van der Waals surface area contributed by atoms with Gasteiger partial charge in [-0.05, 0) is 37.3 Å². The molecule has 0 radical (unpaired) electrons. The number of nitrogens with one attached hydrogen (secondary N) is 2. The maximum Gasteiger partial charge on any atom is 0.422 e. The summed E-state index contributed by atoms with van der Waals surface area (Å²) < 4.78 is 95.0. The van der Waals surface area contributed by atoms with Crippen molar-refractivity contribution in [1.29, 1.82) is 0 Å². The van der Waals surface area contributed by atoms with Gasteiger partial charge in [-0.25, -0.2) is 22.4 Å². The Morgan fingerprint density at radius 1 is 0.907 bits per heavy atom. The van der Waals surface area contributed by atoms with Gasteiger partial charge in [0, 0.05) is 15.5 Å². The molecule has 0 saturated carbocycles. The summed E-state index contributed by atoms with van der Waals surface area (Å²) in [4.78, 5) is 29.1. The molecular formula is C29H20F7N3O2S2. The van der Waals surface area contributed by atoms with Crippen LogP contribution in [-0.4, -0.2) is 28.5 Å². The number of anilines is 3.